The summed E-state index contributed by atoms with van der Waals surface area (Å²) in [4.78, 5) is 12.9. The highest BCUT2D eigenvalue weighted by atomic mass is 32.2. The Morgan fingerprint density at radius 3 is 2.19 bits per heavy atom. The highest BCUT2D eigenvalue weighted by Gasteiger charge is 2.42. The highest BCUT2D eigenvalue weighted by molar-refractivity contribution is 7.95. The van der Waals surface area contributed by atoms with Crippen LogP contribution >= 0.6 is 0 Å². The molecule has 6 nitrogen and oxygen atoms in total. The van der Waals surface area contributed by atoms with Crippen molar-refractivity contribution in [2.45, 2.75) is 38.2 Å². The summed E-state index contributed by atoms with van der Waals surface area (Å²) < 4.78 is 106. The number of aromatic nitrogens is 1. The third kappa shape index (κ3) is 4.46. The van der Waals surface area contributed by atoms with Crippen LogP contribution in [0.3, 0.4) is 0 Å². The van der Waals surface area contributed by atoms with Gasteiger partial charge in [-0.1, -0.05) is 6.92 Å². The van der Waals surface area contributed by atoms with Crippen LogP contribution in [0.15, 0.2) is 33.6 Å². The number of hydrogen-bond acceptors (Lipinski definition) is 5. The first-order chi connectivity index (χ1) is 14.2. The molecule has 0 aromatic carbocycles. The smallest absolute Gasteiger partial charge is 0.382 e. The quantitative estimate of drug-likeness (QED) is 0.661. The average molecular weight is 471 g/mol. The fourth-order valence-electron chi connectivity index (χ4n) is 3.31. The molecule has 2 heterocycles. The largest absolute Gasteiger partial charge is 0.431 e. The second-order valence-corrected chi connectivity index (χ2v) is 9.50. The molecule has 172 valence electrons. The SMILES string of the molecule is CCS(=O)(=O)C1=CC(C(F)(F)F)=CN(c2cc(C(F)(F)F)n(C3CC3)c(=O)c2NC)C1. The standard InChI is InChI=1S/C18H19F6N3O3S/c1-3-31(29,30)12-6-10(17(19,20)21)8-26(9-12)13-7-14(18(22,23)24)27(11-4-5-11)16(28)15(13)25-2/h6-8,11,25H,3-5,9H2,1-2H3. The van der Waals surface area contributed by atoms with E-state index in [1.54, 1.807) is 0 Å². The molecule has 2 aliphatic rings. The second kappa shape index (κ2) is 7.61. The summed E-state index contributed by atoms with van der Waals surface area (Å²) in [6, 6.07) is -0.0683. The number of pyridine rings is 1. The van der Waals surface area contributed by atoms with Crippen LogP contribution in [0, 0.1) is 0 Å². The van der Waals surface area contributed by atoms with Gasteiger partial charge < -0.3 is 10.2 Å². The van der Waals surface area contributed by atoms with Crippen molar-refractivity contribution < 1.29 is 34.8 Å². The Hall–Kier alpha value is -2.44. The van der Waals surface area contributed by atoms with Crippen molar-refractivity contribution in [3.8, 4) is 0 Å². The lowest BCUT2D eigenvalue weighted by molar-refractivity contribution is -0.144. The van der Waals surface area contributed by atoms with Crippen LogP contribution in [-0.4, -0.2) is 38.5 Å². The van der Waals surface area contributed by atoms with Gasteiger partial charge in [-0.15, -0.1) is 0 Å². The van der Waals surface area contributed by atoms with E-state index in [9.17, 15) is 39.6 Å². The van der Waals surface area contributed by atoms with Gasteiger partial charge >= 0.3 is 12.4 Å². The minimum atomic E-state index is -4.96. The van der Waals surface area contributed by atoms with E-state index in [1.165, 1.54) is 14.0 Å². The van der Waals surface area contributed by atoms with E-state index in [4.69, 9.17) is 0 Å². The Morgan fingerprint density at radius 2 is 1.74 bits per heavy atom. The predicted octanol–water partition coefficient (Wildman–Crippen LogP) is 3.83. The average Bonchev–Trinajstić information content (AvgIpc) is 3.50. The van der Waals surface area contributed by atoms with Crippen molar-refractivity contribution in [3.63, 3.8) is 0 Å². The lowest BCUT2D eigenvalue weighted by Crippen LogP contribution is -2.35. The van der Waals surface area contributed by atoms with Crippen molar-refractivity contribution in [1.82, 2.24) is 4.57 Å². The van der Waals surface area contributed by atoms with Crippen molar-refractivity contribution in [3.05, 3.63) is 44.9 Å². The Bertz CT molecular complexity index is 1110. The summed E-state index contributed by atoms with van der Waals surface area (Å²) in [5.74, 6) is -0.492. The molecule has 0 amide bonds. The van der Waals surface area contributed by atoms with Gasteiger partial charge in [0.2, 0.25) is 0 Å². The van der Waals surface area contributed by atoms with Gasteiger partial charge in [-0.05, 0) is 25.0 Å². The lowest BCUT2D eigenvalue weighted by atomic mass is 10.1. The van der Waals surface area contributed by atoms with Crippen LogP contribution in [0.2, 0.25) is 0 Å². The molecule has 13 heteroatoms. The maximum absolute atomic E-state index is 13.7. The lowest BCUT2D eigenvalue weighted by Gasteiger charge is -2.30. The number of sulfone groups is 1. The van der Waals surface area contributed by atoms with Crippen LogP contribution in [0.5, 0.6) is 0 Å². The van der Waals surface area contributed by atoms with E-state index < -0.39 is 67.9 Å². The summed E-state index contributed by atoms with van der Waals surface area (Å²) >= 11 is 0. The maximum Gasteiger partial charge on any atom is 0.431 e. The van der Waals surface area contributed by atoms with Gasteiger partial charge in [-0.2, -0.15) is 26.3 Å². The van der Waals surface area contributed by atoms with Crippen LogP contribution < -0.4 is 15.8 Å². The zero-order chi connectivity index (χ0) is 23.4. The molecule has 0 saturated heterocycles. The van der Waals surface area contributed by atoms with Crippen molar-refractivity contribution in [2.24, 2.45) is 0 Å². The van der Waals surface area contributed by atoms with Crippen molar-refractivity contribution in [1.29, 1.82) is 0 Å². The molecule has 1 fully saturated rings. The maximum atomic E-state index is 13.7. The van der Waals surface area contributed by atoms with Gasteiger partial charge in [0.25, 0.3) is 5.56 Å². The van der Waals surface area contributed by atoms with Gasteiger partial charge in [0.05, 0.1) is 28.5 Å². The summed E-state index contributed by atoms with van der Waals surface area (Å²) in [5, 5.41) is 2.46. The molecule has 1 saturated carbocycles. The van der Waals surface area contributed by atoms with Crippen molar-refractivity contribution >= 4 is 21.2 Å². The molecule has 1 aliphatic carbocycles. The number of alkyl halides is 6. The molecule has 0 unspecified atom stereocenters. The molecule has 31 heavy (non-hydrogen) atoms. The molecule has 1 N–H and O–H groups in total. The van der Waals surface area contributed by atoms with Crippen molar-refractivity contribution in [2.75, 3.05) is 29.6 Å². The number of nitrogens with zero attached hydrogens (tertiary/aromatic N) is 2. The minimum Gasteiger partial charge on any atom is -0.382 e. The minimum absolute atomic E-state index is 0.354. The summed E-state index contributed by atoms with van der Waals surface area (Å²) in [5.41, 5.74) is -4.53. The number of halogens is 6. The zero-order valence-electron chi connectivity index (χ0n) is 16.4. The van der Waals surface area contributed by atoms with E-state index >= 15 is 0 Å². The monoisotopic (exact) mass is 471 g/mol. The Labute approximate surface area is 173 Å². The van der Waals surface area contributed by atoms with E-state index in [2.05, 4.69) is 5.32 Å². The molecule has 1 aromatic rings. The summed E-state index contributed by atoms with van der Waals surface area (Å²) in [6.07, 6.45) is -8.19. The van der Waals surface area contributed by atoms with Crippen LogP contribution in [0.4, 0.5) is 37.7 Å². The zero-order valence-corrected chi connectivity index (χ0v) is 17.2. The number of hydrogen-bond donors (Lipinski definition) is 1. The predicted molar refractivity (Wildman–Crippen MR) is 103 cm³/mol. The first kappa shape index (κ1) is 23.2. The number of rotatable bonds is 5. The van der Waals surface area contributed by atoms with Gasteiger partial charge in [0.1, 0.15) is 11.4 Å². The summed E-state index contributed by atoms with van der Waals surface area (Å²) in [6.45, 7) is 0.596. The third-order valence-electron chi connectivity index (χ3n) is 5.03. The third-order valence-corrected chi connectivity index (χ3v) is 6.83. The normalized spacial score (nSPS) is 18.0. The molecule has 1 aromatic heterocycles. The Morgan fingerprint density at radius 1 is 1.13 bits per heavy atom. The van der Waals surface area contributed by atoms with Gasteiger partial charge in [-0.25, -0.2) is 8.42 Å². The van der Waals surface area contributed by atoms with Gasteiger partial charge in [-0.3, -0.25) is 9.36 Å². The van der Waals surface area contributed by atoms with E-state index in [1.807, 2.05) is 0 Å². The second-order valence-electron chi connectivity index (χ2n) is 7.17. The highest BCUT2D eigenvalue weighted by Crippen LogP contribution is 2.42. The molecule has 0 spiro atoms. The Kier molecular flexibility index (Phi) is 5.70. The Balaban J connectivity index is 2.26. The summed E-state index contributed by atoms with van der Waals surface area (Å²) in [7, 11) is -2.83. The fourth-order valence-corrected chi connectivity index (χ4v) is 4.32. The molecule has 0 bridgehead atoms. The van der Waals surface area contributed by atoms with E-state index in [0.29, 0.717) is 40.7 Å². The molecule has 0 atom stereocenters. The molecular weight excluding hydrogens is 452 g/mol. The fraction of sp³-hybridized carbons (Fsp3) is 0.500. The van der Waals surface area contributed by atoms with Crippen LogP contribution in [0.25, 0.3) is 0 Å². The van der Waals surface area contributed by atoms with Gasteiger partial charge in [0.15, 0.2) is 9.84 Å². The van der Waals surface area contributed by atoms with E-state index in [-0.39, 0.29) is 5.69 Å². The molecule has 0 radical (unpaired) electrons. The molecular formula is C18H19F6N3O3S. The molecule has 1 aliphatic heterocycles. The number of anilines is 2. The number of allylic oxidation sites excluding steroid dienone is 2. The van der Waals surface area contributed by atoms with Gasteiger partial charge in [0, 0.05) is 19.3 Å². The molecule has 3 rings (SSSR count). The van der Waals surface area contributed by atoms with E-state index in [0.717, 1.165) is 0 Å². The van der Waals surface area contributed by atoms with Crippen LogP contribution in [-0.2, 0) is 16.0 Å². The number of nitrogens with one attached hydrogen (secondary N) is 1. The topological polar surface area (TPSA) is 71.4 Å². The first-order valence-corrected chi connectivity index (χ1v) is 10.9. The first-order valence-electron chi connectivity index (χ1n) is 9.24. The van der Waals surface area contributed by atoms with Crippen LogP contribution in [0.1, 0.15) is 31.5 Å².